The number of amides is 1. The maximum Gasteiger partial charge on any atom is 0.423 e. The lowest BCUT2D eigenvalue weighted by molar-refractivity contribution is -0.144. The van der Waals surface area contributed by atoms with Crippen molar-refractivity contribution in [3.8, 4) is 0 Å². The van der Waals surface area contributed by atoms with E-state index in [0.29, 0.717) is 0 Å². The molecule has 0 fully saturated rings. The van der Waals surface area contributed by atoms with Crippen LogP contribution in [0.1, 0.15) is 27.7 Å². The van der Waals surface area contributed by atoms with Crippen molar-refractivity contribution in [2.24, 2.45) is 0 Å². The normalized spacial score (nSPS) is 16.3. The molecule has 106 valence electrons. The first-order valence-electron chi connectivity index (χ1n) is 5.20. The second kappa shape index (κ2) is 5.83. The van der Waals surface area contributed by atoms with Crippen LogP contribution in [0.5, 0.6) is 0 Å². The zero-order chi connectivity index (χ0) is 14.7. The summed E-state index contributed by atoms with van der Waals surface area (Å²) in [5.41, 5.74) is -0.773. The number of carbonyl (C=O) groups excluding carboxylic acids is 2. The van der Waals surface area contributed by atoms with Gasteiger partial charge in [0.05, 0.1) is 7.11 Å². The van der Waals surface area contributed by atoms with Crippen LogP contribution in [-0.4, -0.2) is 45.6 Å². The minimum Gasteiger partial charge on any atom is -0.467 e. The summed E-state index contributed by atoms with van der Waals surface area (Å²) in [6.07, 6.45) is 0.286. The summed E-state index contributed by atoms with van der Waals surface area (Å²) in [5.74, 6) is -0.708. The van der Waals surface area contributed by atoms with E-state index in [4.69, 9.17) is 15.9 Å². The van der Waals surface area contributed by atoms with Gasteiger partial charge in [0, 0.05) is 17.4 Å². The molecule has 0 saturated heterocycles. The summed E-state index contributed by atoms with van der Waals surface area (Å²) in [6.45, 7) is 6.36. The highest BCUT2D eigenvalue weighted by molar-refractivity contribution is 8.31. The van der Waals surface area contributed by atoms with Crippen molar-refractivity contribution in [2.75, 3.05) is 13.4 Å². The van der Waals surface area contributed by atoms with E-state index in [2.05, 4.69) is 4.74 Å². The summed E-state index contributed by atoms with van der Waals surface area (Å²) in [4.78, 5) is 23.3. The molecule has 0 spiro atoms. The molecule has 1 amide bonds. The summed E-state index contributed by atoms with van der Waals surface area (Å²) >= 11 is 4.76. The molecule has 0 aliphatic heterocycles. The number of esters is 1. The molecule has 6 nitrogen and oxygen atoms in total. The van der Waals surface area contributed by atoms with Gasteiger partial charge < -0.3 is 9.47 Å². The summed E-state index contributed by atoms with van der Waals surface area (Å²) in [5, 5.41) is 0. The van der Waals surface area contributed by atoms with Gasteiger partial charge in [-0.15, -0.1) is 0 Å². The fourth-order valence-electron chi connectivity index (χ4n) is 1.15. The molecule has 0 heterocycles. The van der Waals surface area contributed by atoms with Crippen LogP contribution in [0.25, 0.3) is 0 Å². The van der Waals surface area contributed by atoms with E-state index >= 15 is 0 Å². The highest BCUT2D eigenvalue weighted by Gasteiger charge is 2.35. The molecule has 1 unspecified atom stereocenters. The lowest BCUT2D eigenvalue weighted by Gasteiger charge is -2.29. The number of rotatable bonds is 3. The SMILES string of the molecule is COC(=O)[C@@H](C)N(C(=O)OC(C)(C)C)S(C)(=O)=S. The van der Waals surface area contributed by atoms with Gasteiger partial charge in [-0.3, -0.25) is 0 Å². The third-order valence-electron chi connectivity index (χ3n) is 1.82. The molecule has 0 aromatic carbocycles. The van der Waals surface area contributed by atoms with Gasteiger partial charge in [-0.05, 0) is 27.7 Å². The van der Waals surface area contributed by atoms with Crippen molar-refractivity contribution in [3.63, 3.8) is 0 Å². The monoisotopic (exact) mass is 297 g/mol. The van der Waals surface area contributed by atoms with Crippen molar-refractivity contribution in [2.45, 2.75) is 39.3 Å². The van der Waals surface area contributed by atoms with Gasteiger partial charge in [-0.2, -0.15) is 0 Å². The van der Waals surface area contributed by atoms with E-state index < -0.39 is 32.4 Å². The Morgan fingerprint density at radius 2 is 1.78 bits per heavy atom. The first-order valence-corrected chi connectivity index (χ1v) is 8.05. The van der Waals surface area contributed by atoms with Crippen molar-refractivity contribution < 1.29 is 23.3 Å². The molecule has 8 heteroatoms. The standard InChI is InChI=1S/C10H19NO5S2/c1-7(8(12)15-5)11(18(6,14)17)9(13)16-10(2,3)4/h7H,1-6H3/t7-,18?/m1/s1. The van der Waals surface area contributed by atoms with Gasteiger partial charge in [0.2, 0.25) is 0 Å². The Labute approximate surface area is 112 Å². The van der Waals surface area contributed by atoms with Crippen LogP contribution in [0.3, 0.4) is 0 Å². The van der Waals surface area contributed by atoms with Crippen molar-refractivity contribution >= 4 is 31.9 Å². The van der Waals surface area contributed by atoms with Crippen LogP contribution >= 0.6 is 0 Å². The maximum absolute atomic E-state index is 11.9. The molecule has 0 radical (unpaired) electrons. The molecule has 0 aromatic rings. The highest BCUT2D eigenvalue weighted by Crippen LogP contribution is 2.15. The topological polar surface area (TPSA) is 72.9 Å². The van der Waals surface area contributed by atoms with Gasteiger partial charge in [-0.25, -0.2) is 18.1 Å². The fraction of sp³-hybridized carbons (Fsp3) is 0.800. The van der Waals surface area contributed by atoms with Gasteiger partial charge in [0.15, 0.2) is 0 Å². The van der Waals surface area contributed by atoms with E-state index in [0.717, 1.165) is 4.31 Å². The number of hydrogen-bond donors (Lipinski definition) is 0. The Morgan fingerprint density at radius 3 is 2.06 bits per heavy atom. The predicted molar refractivity (Wildman–Crippen MR) is 71.0 cm³/mol. The number of nitrogens with zero attached hydrogens (tertiary/aromatic N) is 1. The summed E-state index contributed by atoms with van der Waals surface area (Å²) in [6, 6.07) is -1.07. The van der Waals surface area contributed by atoms with Crippen molar-refractivity contribution in [1.29, 1.82) is 0 Å². The fourth-order valence-corrected chi connectivity index (χ4v) is 2.69. The molecule has 18 heavy (non-hydrogen) atoms. The highest BCUT2D eigenvalue weighted by atomic mass is 32.8. The number of methoxy groups -OCH3 is 1. The smallest absolute Gasteiger partial charge is 0.423 e. The van der Waals surface area contributed by atoms with Crippen LogP contribution in [0.15, 0.2) is 0 Å². The van der Waals surface area contributed by atoms with Crippen molar-refractivity contribution in [1.82, 2.24) is 4.31 Å². The van der Waals surface area contributed by atoms with E-state index in [1.807, 2.05) is 0 Å². The molecule has 0 N–H and O–H groups in total. The van der Waals surface area contributed by atoms with Crippen LogP contribution in [0.4, 0.5) is 4.79 Å². The lowest BCUT2D eigenvalue weighted by atomic mass is 10.2. The second-order valence-corrected chi connectivity index (χ2v) is 8.45. The van der Waals surface area contributed by atoms with Crippen molar-refractivity contribution in [3.05, 3.63) is 0 Å². The quantitative estimate of drug-likeness (QED) is 0.726. The largest absolute Gasteiger partial charge is 0.467 e. The van der Waals surface area contributed by atoms with Crippen LogP contribution in [0, 0.1) is 0 Å². The molecule has 0 saturated carbocycles. The predicted octanol–water partition coefficient (Wildman–Crippen LogP) is 1.08. The number of carbonyl (C=O) groups is 2. The summed E-state index contributed by atoms with van der Waals surface area (Å²) < 4.78 is 22.2. The van der Waals surface area contributed by atoms with Crippen LogP contribution in [-0.2, 0) is 34.1 Å². The van der Waals surface area contributed by atoms with Crippen LogP contribution < -0.4 is 0 Å². The Balaban J connectivity index is 5.28. The Morgan fingerprint density at radius 1 is 1.33 bits per heavy atom. The lowest BCUT2D eigenvalue weighted by Crippen LogP contribution is -2.48. The molecule has 0 aliphatic rings. The zero-order valence-electron chi connectivity index (χ0n) is 11.4. The average molecular weight is 297 g/mol. The van der Waals surface area contributed by atoms with E-state index in [1.54, 1.807) is 20.8 Å². The molecule has 0 aliphatic carbocycles. The first-order chi connectivity index (χ1) is 7.90. The average Bonchev–Trinajstić information content (AvgIpc) is 2.11. The van der Waals surface area contributed by atoms with E-state index in [-0.39, 0.29) is 0 Å². The van der Waals surface area contributed by atoms with Gasteiger partial charge >= 0.3 is 12.1 Å². The minimum atomic E-state index is -3.10. The Bertz CT molecular complexity index is 424. The van der Waals surface area contributed by atoms with E-state index in [1.165, 1.54) is 20.3 Å². The second-order valence-electron chi connectivity index (χ2n) is 4.74. The minimum absolute atomic E-state index is 0.708. The molecule has 0 rings (SSSR count). The number of hydrogen-bond acceptors (Lipinski definition) is 6. The molecular formula is C10H19NO5S2. The molecule has 0 aromatic heterocycles. The molecular weight excluding hydrogens is 278 g/mol. The summed E-state index contributed by atoms with van der Waals surface area (Å²) in [7, 11) is -1.93. The Hall–Kier alpha value is -0.890. The van der Waals surface area contributed by atoms with E-state index in [9.17, 15) is 13.8 Å². The zero-order valence-corrected chi connectivity index (χ0v) is 13.0. The maximum atomic E-state index is 11.9. The number of ether oxygens (including phenoxy) is 2. The van der Waals surface area contributed by atoms with Gasteiger partial charge in [0.1, 0.15) is 20.3 Å². The first kappa shape index (κ1) is 17.1. The van der Waals surface area contributed by atoms with Gasteiger partial charge in [0.25, 0.3) is 0 Å². The third kappa shape index (κ3) is 5.18. The van der Waals surface area contributed by atoms with Gasteiger partial charge in [-0.1, -0.05) is 0 Å². The third-order valence-corrected chi connectivity index (χ3v) is 3.49. The Kier molecular flexibility index (Phi) is 5.55. The van der Waals surface area contributed by atoms with Crippen LogP contribution in [0.2, 0.25) is 0 Å². The molecule has 0 bridgehead atoms. The molecule has 2 atom stereocenters.